The van der Waals surface area contributed by atoms with Crippen LogP contribution in [0.5, 0.6) is 17.2 Å². The van der Waals surface area contributed by atoms with Gasteiger partial charge in [0.05, 0.1) is 18.5 Å². The Hall–Kier alpha value is -3.81. The summed E-state index contributed by atoms with van der Waals surface area (Å²) in [5.41, 5.74) is 7.60. The second-order valence-electron chi connectivity index (χ2n) is 6.07. The zero-order valence-electron chi connectivity index (χ0n) is 15.1. The smallest absolute Gasteiger partial charge is 0.269 e. The number of benzene rings is 2. The lowest BCUT2D eigenvalue weighted by atomic mass is 10.1. The summed E-state index contributed by atoms with van der Waals surface area (Å²) >= 11 is 0. The van der Waals surface area contributed by atoms with Crippen molar-refractivity contribution in [2.24, 2.45) is 0 Å². The minimum absolute atomic E-state index is 0.128. The van der Waals surface area contributed by atoms with Crippen LogP contribution in [0.25, 0.3) is 11.3 Å². The van der Waals surface area contributed by atoms with Crippen molar-refractivity contribution in [1.29, 1.82) is 0 Å². The number of carbonyl (C=O) groups is 1. The fourth-order valence-electron chi connectivity index (χ4n) is 2.85. The summed E-state index contributed by atoms with van der Waals surface area (Å²) in [6.45, 7) is 0.128. The molecule has 0 radical (unpaired) electrons. The van der Waals surface area contributed by atoms with Gasteiger partial charge in [-0.25, -0.2) is 9.97 Å². The first-order valence-electron chi connectivity index (χ1n) is 8.60. The number of fused-ring (bicyclic) bond motifs is 1. The molecule has 0 aliphatic carbocycles. The fourth-order valence-corrected chi connectivity index (χ4v) is 2.85. The first kappa shape index (κ1) is 17.6. The van der Waals surface area contributed by atoms with Crippen LogP contribution in [-0.4, -0.2) is 35.7 Å². The summed E-state index contributed by atoms with van der Waals surface area (Å²) in [7, 11) is 1.53. The van der Waals surface area contributed by atoms with Gasteiger partial charge >= 0.3 is 0 Å². The summed E-state index contributed by atoms with van der Waals surface area (Å²) in [5, 5.41) is 2.83. The number of hydrogen-bond donors (Lipinski definition) is 2. The van der Waals surface area contributed by atoms with Gasteiger partial charge in [-0.1, -0.05) is 18.2 Å². The van der Waals surface area contributed by atoms with Gasteiger partial charge in [-0.3, -0.25) is 4.79 Å². The molecular weight excluding hydrogens is 360 g/mol. The molecule has 4 rings (SSSR count). The van der Waals surface area contributed by atoms with Gasteiger partial charge in [0.1, 0.15) is 12.4 Å². The summed E-state index contributed by atoms with van der Waals surface area (Å²) in [6, 6.07) is 14.3. The van der Waals surface area contributed by atoms with E-state index in [1.165, 1.54) is 7.11 Å². The van der Waals surface area contributed by atoms with Gasteiger partial charge in [-0.15, -0.1) is 0 Å². The highest BCUT2D eigenvalue weighted by Gasteiger charge is 2.28. The monoisotopic (exact) mass is 378 g/mol. The summed E-state index contributed by atoms with van der Waals surface area (Å²) in [4.78, 5) is 20.7. The molecule has 3 N–H and O–H groups in total. The van der Waals surface area contributed by atoms with E-state index in [4.69, 9.17) is 19.9 Å². The molecule has 0 saturated heterocycles. The molecule has 8 heteroatoms. The number of nitrogens with one attached hydrogen (secondary N) is 1. The number of nitrogens with zero attached hydrogens (tertiary/aromatic N) is 2. The molecule has 0 unspecified atom stereocenters. The predicted octanol–water partition coefficient (Wildman–Crippen LogP) is 2.51. The van der Waals surface area contributed by atoms with E-state index in [0.29, 0.717) is 28.6 Å². The predicted molar refractivity (Wildman–Crippen MR) is 103 cm³/mol. The number of nitrogen functional groups attached to an aromatic ring is 1. The molecule has 1 aliphatic rings. The Morgan fingerprint density at radius 3 is 2.82 bits per heavy atom. The van der Waals surface area contributed by atoms with E-state index in [0.717, 1.165) is 5.56 Å². The normalized spacial score (nSPS) is 15.0. The minimum Gasteiger partial charge on any atom is -0.495 e. The number of rotatable bonds is 4. The molecule has 2 aromatic carbocycles. The van der Waals surface area contributed by atoms with Crippen LogP contribution in [0.4, 0.5) is 11.6 Å². The second-order valence-corrected chi connectivity index (χ2v) is 6.07. The molecule has 8 nitrogen and oxygen atoms in total. The standard InChI is InChI=1S/C20H18N4O4/c1-26-17-10-12(13-8-9-22-20(21)24-13)6-7-14(17)23-19(25)18-11-27-15-4-2-3-5-16(15)28-18/h2-10,18H,11H2,1H3,(H,23,25)(H2,21,22,24)/t18-/m1/s1. The maximum absolute atomic E-state index is 12.6. The molecule has 142 valence electrons. The van der Waals surface area contributed by atoms with E-state index in [1.807, 2.05) is 18.2 Å². The van der Waals surface area contributed by atoms with Gasteiger partial charge in [0, 0.05) is 11.8 Å². The van der Waals surface area contributed by atoms with Crippen molar-refractivity contribution in [2.75, 3.05) is 24.8 Å². The van der Waals surface area contributed by atoms with Crippen LogP contribution in [0.2, 0.25) is 0 Å². The van der Waals surface area contributed by atoms with Crippen LogP contribution in [0.15, 0.2) is 54.7 Å². The van der Waals surface area contributed by atoms with Crippen LogP contribution >= 0.6 is 0 Å². The van der Waals surface area contributed by atoms with E-state index >= 15 is 0 Å². The van der Waals surface area contributed by atoms with Crippen LogP contribution in [-0.2, 0) is 4.79 Å². The number of amides is 1. The van der Waals surface area contributed by atoms with E-state index in [9.17, 15) is 4.79 Å². The van der Waals surface area contributed by atoms with Gasteiger partial charge in [0.15, 0.2) is 11.5 Å². The largest absolute Gasteiger partial charge is 0.495 e. The maximum Gasteiger partial charge on any atom is 0.269 e. The van der Waals surface area contributed by atoms with E-state index in [1.54, 1.807) is 36.5 Å². The number of nitrogens with two attached hydrogens (primary N) is 1. The quantitative estimate of drug-likeness (QED) is 0.718. The summed E-state index contributed by atoms with van der Waals surface area (Å²) < 4.78 is 16.8. The van der Waals surface area contributed by atoms with Crippen molar-refractivity contribution in [1.82, 2.24) is 9.97 Å². The Labute approximate surface area is 161 Å². The number of anilines is 2. The molecule has 0 fully saturated rings. The number of para-hydroxylation sites is 2. The van der Waals surface area contributed by atoms with Gasteiger partial charge < -0.3 is 25.3 Å². The lowest BCUT2D eigenvalue weighted by Gasteiger charge is -2.25. The van der Waals surface area contributed by atoms with Gasteiger partial charge in [-0.2, -0.15) is 0 Å². The van der Waals surface area contributed by atoms with Crippen LogP contribution in [0.3, 0.4) is 0 Å². The van der Waals surface area contributed by atoms with Gasteiger partial charge in [0.2, 0.25) is 12.1 Å². The Morgan fingerprint density at radius 1 is 1.21 bits per heavy atom. The van der Waals surface area contributed by atoms with E-state index < -0.39 is 6.10 Å². The summed E-state index contributed by atoms with van der Waals surface area (Å²) in [6.07, 6.45) is 0.818. The first-order valence-corrected chi connectivity index (χ1v) is 8.60. The molecular formula is C20H18N4O4. The van der Waals surface area contributed by atoms with Crippen LogP contribution < -0.4 is 25.3 Å². The van der Waals surface area contributed by atoms with Crippen molar-refractivity contribution in [3.8, 4) is 28.5 Å². The molecule has 28 heavy (non-hydrogen) atoms. The summed E-state index contributed by atoms with van der Waals surface area (Å²) in [5.74, 6) is 1.51. The zero-order chi connectivity index (χ0) is 19.5. The molecule has 2 heterocycles. The third kappa shape index (κ3) is 3.52. The molecule has 0 saturated carbocycles. The maximum atomic E-state index is 12.6. The Balaban J connectivity index is 1.52. The van der Waals surface area contributed by atoms with Gasteiger partial charge in [0.25, 0.3) is 5.91 Å². The van der Waals surface area contributed by atoms with Crippen LogP contribution in [0, 0.1) is 0 Å². The average Bonchev–Trinajstić information content (AvgIpc) is 2.73. The van der Waals surface area contributed by atoms with Crippen molar-refractivity contribution >= 4 is 17.5 Å². The first-order chi connectivity index (χ1) is 13.6. The van der Waals surface area contributed by atoms with E-state index in [2.05, 4.69) is 15.3 Å². The highest BCUT2D eigenvalue weighted by Crippen LogP contribution is 2.33. The van der Waals surface area contributed by atoms with Crippen molar-refractivity contribution < 1.29 is 19.0 Å². The number of carbonyl (C=O) groups excluding carboxylic acids is 1. The highest BCUT2D eigenvalue weighted by molar-refractivity contribution is 5.96. The van der Waals surface area contributed by atoms with Crippen molar-refractivity contribution in [3.63, 3.8) is 0 Å². The number of hydrogen-bond acceptors (Lipinski definition) is 7. The molecule has 1 amide bonds. The molecule has 0 bridgehead atoms. The number of ether oxygens (including phenoxy) is 3. The SMILES string of the molecule is COc1cc(-c2ccnc(N)n2)ccc1NC(=O)[C@H]1COc2ccccc2O1. The minimum atomic E-state index is -0.763. The highest BCUT2D eigenvalue weighted by atomic mass is 16.6. The van der Waals surface area contributed by atoms with Crippen LogP contribution in [0.1, 0.15) is 0 Å². The third-order valence-corrected chi connectivity index (χ3v) is 4.23. The number of methoxy groups -OCH3 is 1. The van der Waals surface area contributed by atoms with E-state index in [-0.39, 0.29) is 18.5 Å². The Bertz CT molecular complexity index is 1020. The average molecular weight is 378 g/mol. The van der Waals surface area contributed by atoms with Crippen molar-refractivity contribution in [2.45, 2.75) is 6.10 Å². The Kier molecular flexibility index (Phi) is 4.67. The Morgan fingerprint density at radius 2 is 2.04 bits per heavy atom. The van der Waals surface area contributed by atoms with Gasteiger partial charge in [-0.05, 0) is 30.3 Å². The topological polar surface area (TPSA) is 109 Å². The lowest BCUT2D eigenvalue weighted by molar-refractivity contribution is -0.125. The number of aromatic nitrogens is 2. The lowest BCUT2D eigenvalue weighted by Crippen LogP contribution is -2.40. The fraction of sp³-hybridized carbons (Fsp3) is 0.150. The molecule has 1 atom stereocenters. The molecule has 1 aromatic heterocycles. The molecule has 3 aromatic rings. The van der Waals surface area contributed by atoms with Crippen molar-refractivity contribution in [3.05, 3.63) is 54.7 Å². The molecule has 1 aliphatic heterocycles. The zero-order valence-corrected chi connectivity index (χ0v) is 15.1. The second kappa shape index (κ2) is 7.43. The molecule has 0 spiro atoms. The third-order valence-electron chi connectivity index (χ3n) is 4.23.